The third-order valence-electron chi connectivity index (χ3n) is 4.61. The summed E-state index contributed by atoms with van der Waals surface area (Å²) in [6.45, 7) is 2.96. The van der Waals surface area contributed by atoms with Gasteiger partial charge in [-0.05, 0) is 31.7 Å². The van der Waals surface area contributed by atoms with Crippen LogP contribution in [0.3, 0.4) is 0 Å². The van der Waals surface area contributed by atoms with Gasteiger partial charge in [-0.2, -0.15) is 0 Å². The highest BCUT2D eigenvalue weighted by molar-refractivity contribution is 5.33. The molecule has 6 nitrogen and oxygen atoms in total. The van der Waals surface area contributed by atoms with Crippen molar-refractivity contribution in [3.05, 3.63) is 42.0 Å². The Bertz CT molecular complexity index is 663. The second-order valence-electron chi connectivity index (χ2n) is 6.54. The lowest BCUT2D eigenvalue weighted by atomic mass is 10.2. The molecule has 1 aliphatic carbocycles. The van der Waals surface area contributed by atoms with E-state index in [1.807, 2.05) is 24.5 Å². The number of aromatic nitrogens is 3. The van der Waals surface area contributed by atoms with E-state index in [0.717, 1.165) is 49.7 Å². The van der Waals surface area contributed by atoms with Gasteiger partial charge < -0.3 is 19.4 Å². The van der Waals surface area contributed by atoms with Crippen molar-refractivity contribution in [2.24, 2.45) is 0 Å². The summed E-state index contributed by atoms with van der Waals surface area (Å²) in [6, 6.07) is 8.79. The topological polar surface area (TPSA) is 61.2 Å². The molecule has 1 N–H and O–H groups in total. The predicted octanol–water partition coefficient (Wildman–Crippen LogP) is 2.46. The lowest BCUT2D eigenvalue weighted by Crippen LogP contribution is -2.19. The first-order chi connectivity index (χ1) is 11.9. The molecule has 2 aromatic rings. The average molecular weight is 328 g/mol. The summed E-state index contributed by atoms with van der Waals surface area (Å²) in [5, 5.41) is 11.7. The monoisotopic (exact) mass is 328 g/mol. The predicted molar refractivity (Wildman–Crippen MR) is 89.7 cm³/mol. The summed E-state index contributed by atoms with van der Waals surface area (Å²) >= 11 is 0. The fourth-order valence-electron chi connectivity index (χ4n) is 3.11. The number of rotatable bonds is 8. The zero-order valence-corrected chi connectivity index (χ0v) is 13.9. The Morgan fingerprint density at radius 1 is 1.21 bits per heavy atom. The molecule has 24 heavy (non-hydrogen) atoms. The van der Waals surface area contributed by atoms with Gasteiger partial charge in [-0.1, -0.05) is 18.2 Å². The van der Waals surface area contributed by atoms with Crippen LogP contribution in [-0.2, 0) is 17.8 Å². The fourth-order valence-corrected chi connectivity index (χ4v) is 3.11. The largest absolute Gasteiger partial charge is 0.491 e. The van der Waals surface area contributed by atoms with E-state index in [1.165, 1.54) is 12.8 Å². The molecule has 0 spiro atoms. The first kappa shape index (κ1) is 15.6. The van der Waals surface area contributed by atoms with E-state index in [2.05, 4.69) is 26.1 Å². The molecular weight excluding hydrogens is 304 g/mol. The molecule has 1 saturated carbocycles. The van der Waals surface area contributed by atoms with E-state index in [-0.39, 0.29) is 6.10 Å². The SMILES string of the molecule is c1ccc(OCC2CCCO2)c(CNCc2nncn2C2CC2)c1. The fraction of sp³-hybridized carbons (Fsp3) is 0.556. The van der Waals surface area contributed by atoms with Crippen LogP contribution in [0.4, 0.5) is 0 Å². The molecule has 2 heterocycles. The molecule has 1 saturated heterocycles. The van der Waals surface area contributed by atoms with Crippen LogP contribution in [0.5, 0.6) is 5.75 Å². The van der Waals surface area contributed by atoms with Crippen molar-refractivity contribution in [3.8, 4) is 5.75 Å². The number of nitrogens with one attached hydrogen (secondary N) is 1. The first-order valence-electron chi connectivity index (χ1n) is 8.81. The summed E-state index contributed by atoms with van der Waals surface area (Å²) in [4.78, 5) is 0. The van der Waals surface area contributed by atoms with Gasteiger partial charge in [0.2, 0.25) is 0 Å². The molecule has 1 unspecified atom stereocenters. The van der Waals surface area contributed by atoms with Crippen molar-refractivity contribution >= 4 is 0 Å². The van der Waals surface area contributed by atoms with E-state index in [4.69, 9.17) is 9.47 Å². The van der Waals surface area contributed by atoms with Gasteiger partial charge in [-0.15, -0.1) is 10.2 Å². The van der Waals surface area contributed by atoms with Crippen molar-refractivity contribution in [2.75, 3.05) is 13.2 Å². The Hall–Kier alpha value is -1.92. The van der Waals surface area contributed by atoms with Crippen LogP contribution in [0.25, 0.3) is 0 Å². The van der Waals surface area contributed by atoms with E-state index in [9.17, 15) is 0 Å². The van der Waals surface area contributed by atoms with Crippen molar-refractivity contribution in [2.45, 2.75) is 50.9 Å². The van der Waals surface area contributed by atoms with Crippen molar-refractivity contribution < 1.29 is 9.47 Å². The molecule has 6 heteroatoms. The minimum atomic E-state index is 0.239. The average Bonchev–Trinajstić information content (AvgIpc) is 3.12. The van der Waals surface area contributed by atoms with Crippen LogP contribution in [0.2, 0.25) is 0 Å². The van der Waals surface area contributed by atoms with E-state index in [1.54, 1.807) is 0 Å². The van der Waals surface area contributed by atoms with Crippen LogP contribution in [-0.4, -0.2) is 34.1 Å². The Kier molecular flexibility index (Phi) is 4.76. The Labute approximate surface area is 142 Å². The first-order valence-corrected chi connectivity index (χ1v) is 8.81. The maximum absolute atomic E-state index is 5.98. The zero-order chi connectivity index (χ0) is 16.2. The van der Waals surface area contributed by atoms with Crippen molar-refractivity contribution in [1.29, 1.82) is 0 Å². The third-order valence-corrected chi connectivity index (χ3v) is 4.61. The quantitative estimate of drug-likeness (QED) is 0.806. The van der Waals surface area contributed by atoms with Crippen LogP contribution in [0.15, 0.2) is 30.6 Å². The molecule has 2 aliphatic rings. The standard InChI is InChI=1S/C18H24N4O2/c1-2-6-17(24-12-16-5-3-9-23-16)14(4-1)10-19-11-18-21-20-13-22(18)15-7-8-15/h1-2,4,6,13,15-16,19H,3,5,7-12H2. The lowest BCUT2D eigenvalue weighted by Gasteiger charge is -2.15. The molecular formula is C18H24N4O2. The van der Waals surface area contributed by atoms with Crippen LogP contribution in [0.1, 0.15) is 43.1 Å². The lowest BCUT2D eigenvalue weighted by molar-refractivity contribution is 0.0676. The second-order valence-corrected chi connectivity index (χ2v) is 6.54. The van der Waals surface area contributed by atoms with Crippen LogP contribution < -0.4 is 10.1 Å². The summed E-state index contributed by atoms with van der Waals surface area (Å²) < 4.78 is 13.8. The highest BCUT2D eigenvalue weighted by Crippen LogP contribution is 2.35. The number of hydrogen-bond acceptors (Lipinski definition) is 5. The van der Waals surface area contributed by atoms with Gasteiger partial charge >= 0.3 is 0 Å². The Morgan fingerprint density at radius 3 is 2.96 bits per heavy atom. The molecule has 2 fully saturated rings. The summed E-state index contributed by atoms with van der Waals surface area (Å²) in [7, 11) is 0. The smallest absolute Gasteiger partial charge is 0.147 e. The molecule has 128 valence electrons. The highest BCUT2D eigenvalue weighted by atomic mass is 16.5. The summed E-state index contributed by atoms with van der Waals surface area (Å²) in [6.07, 6.45) is 6.79. The van der Waals surface area contributed by atoms with Gasteiger partial charge in [0.25, 0.3) is 0 Å². The molecule has 1 aliphatic heterocycles. The van der Waals surface area contributed by atoms with E-state index >= 15 is 0 Å². The Morgan fingerprint density at radius 2 is 2.12 bits per heavy atom. The molecule has 1 aromatic heterocycles. The Balaban J connectivity index is 1.31. The van der Waals surface area contributed by atoms with E-state index in [0.29, 0.717) is 12.6 Å². The highest BCUT2D eigenvalue weighted by Gasteiger charge is 2.25. The number of nitrogens with zero attached hydrogens (tertiary/aromatic N) is 3. The van der Waals surface area contributed by atoms with E-state index < -0.39 is 0 Å². The number of para-hydroxylation sites is 1. The minimum absolute atomic E-state index is 0.239. The normalized spacial score (nSPS) is 20.4. The molecule has 4 rings (SSSR count). The van der Waals surface area contributed by atoms with Crippen molar-refractivity contribution in [1.82, 2.24) is 20.1 Å². The number of benzene rings is 1. The molecule has 1 aromatic carbocycles. The molecule has 0 amide bonds. The molecule has 0 radical (unpaired) electrons. The van der Waals surface area contributed by atoms with Gasteiger partial charge in [-0.3, -0.25) is 0 Å². The summed E-state index contributed by atoms with van der Waals surface area (Å²) in [5.41, 5.74) is 1.16. The van der Waals surface area contributed by atoms with Crippen LogP contribution >= 0.6 is 0 Å². The van der Waals surface area contributed by atoms with Crippen LogP contribution in [0, 0.1) is 0 Å². The van der Waals surface area contributed by atoms with Gasteiger partial charge in [0.1, 0.15) is 24.5 Å². The van der Waals surface area contributed by atoms with Gasteiger partial charge in [0.05, 0.1) is 12.6 Å². The minimum Gasteiger partial charge on any atom is -0.491 e. The molecule has 1 atom stereocenters. The van der Waals surface area contributed by atoms with Gasteiger partial charge in [-0.25, -0.2) is 0 Å². The van der Waals surface area contributed by atoms with Crippen molar-refractivity contribution in [3.63, 3.8) is 0 Å². The maximum atomic E-state index is 5.98. The van der Waals surface area contributed by atoms with Gasteiger partial charge in [0, 0.05) is 24.8 Å². The number of hydrogen-bond donors (Lipinski definition) is 1. The third kappa shape index (κ3) is 3.76. The maximum Gasteiger partial charge on any atom is 0.147 e. The second kappa shape index (κ2) is 7.32. The zero-order valence-electron chi connectivity index (χ0n) is 13.9. The van der Waals surface area contributed by atoms with Gasteiger partial charge in [0.15, 0.2) is 0 Å². The summed E-state index contributed by atoms with van der Waals surface area (Å²) in [5.74, 6) is 1.94. The number of ether oxygens (including phenoxy) is 2. The molecule has 0 bridgehead atoms.